The minimum absolute atomic E-state index is 0.0955. The first-order valence-corrected chi connectivity index (χ1v) is 8.25. The molecular formula is C17H17N3O2S. The van der Waals surface area contributed by atoms with E-state index in [2.05, 4.69) is 15.0 Å². The summed E-state index contributed by atoms with van der Waals surface area (Å²) in [7, 11) is 0. The molecule has 0 aliphatic rings. The van der Waals surface area contributed by atoms with E-state index in [-0.39, 0.29) is 5.56 Å². The van der Waals surface area contributed by atoms with Crippen molar-refractivity contribution in [3.05, 3.63) is 63.4 Å². The summed E-state index contributed by atoms with van der Waals surface area (Å²) in [6.45, 7) is 5.50. The lowest BCUT2D eigenvalue weighted by Crippen LogP contribution is -2.14. The van der Waals surface area contributed by atoms with Crippen LogP contribution in [0.4, 0.5) is 0 Å². The van der Waals surface area contributed by atoms with E-state index in [1.165, 1.54) is 11.8 Å². The molecule has 1 N–H and O–H groups in total. The molecule has 0 unspecified atom stereocenters. The summed E-state index contributed by atoms with van der Waals surface area (Å²) in [6, 6.07) is 9.78. The third-order valence-electron chi connectivity index (χ3n) is 3.63. The van der Waals surface area contributed by atoms with Crippen molar-refractivity contribution in [1.29, 1.82) is 0 Å². The van der Waals surface area contributed by atoms with Crippen LogP contribution in [-0.4, -0.2) is 15.0 Å². The van der Waals surface area contributed by atoms with Crippen LogP contribution < -0.4 is 5.56 Å². The summed E-state index contributed by atoms with van der Waals surface area (Å²) in [4.78, 5) is 23.5. The van der Waals surface area contributed by atoms with Crippen LogP contribution in [0.25, 0.3) is 11.5 Å². The van der Waals surface area contributed by atoms with Gasteiger partial charge in [0.15, 0.2) is 5.16 Å². The fourth-order valence-corrected chi connectivity index (χ4v) is 3.00. The SMILES string of the molecule is Cc1nc(SCc2nc(-c3ccccc3)oc2C)[nH]c(=O)c1C. The molecule has 0 saturated heterocycles. The molecule has 5 nitrogen and oxygen atoms in total. The van der Waals surface area contributed by atoms with E-state index < -0.39 is 0 Å². The molecule has 0 aliphatic carbocycles. The zero-order chi connectivity index (χ0) is 16.4. The highest BCUT2D eigenvalue weighted by Gasteiger charge is 2.12. The van der Waals surface area contributed by atoms with E-state index in [0.29, 0.717) is 22.4 Å². The smallest absolute Gasteiger partial charge is 0.254 e. The van der Waals surface area contributed by atoms with Crippen molar-refractivity contribution in [1.82, 2.24) is 15.0 Å². The number of aromatic nitrogens is 3. The second-order valence-electron chi connectivity index (χ2n) is 5.26. The van der Waals surface area contributed by atoms with Gasteiger partial charge in [-0.15, -0.1) is 0 Å². The number of aryl methyl sites for hydroxylation is 2. The molecule has 3 aromatic rings. The van der Waals surface area contributed by atoms with Crippen molar-refractivity contribution in [2.75, 3.05) is 0 Å². The largest absolute Gasteiger partial charge is 0.441 e. The Morgan fingerprint density at radius 3 is 2.57 bits per heavy atom. The predicted octanol–water partition coefficient (Wildman–Crippen LogP) is 3.64. The number of rotatable bonds is 4. The number of H-pyrrole nitrogens is 1. The molecule has 2 heterocycles. The molecule has 0 radical (unpaired) electrons. The standard InChI is InChI=1S/C17H17N3O2S/c1-10-11(2)18-17(20-15(10)21)23-9-14-12(3)22-16(19-14)13-7-5-4-6-8-13/h4-8H,9H2,1-3H3,(H,18,20,21). The van der Waals surface area contributed by atoms with Gasteiger partial charge < -0.3 is 9.40 Å². The van der Waals surface area contributed by atoms with Crippen LogP contribution in [-0.2, 0) is 5.75 Å². The summed E-state index contributed by atoms with van der Waals surface area (Å²) in [5.41, 5.74) is 3.11. The lowest BCUT2D eigenvalue weighted by molar-refractivity contribution is 0.540. The molecule has 3 rings (SSSR count). The topological polar surface area (TPSA) is 71.8 Å². The zero-order valence-electron chi connectivity index (χ0n) is 13.2. The van der Waals surface area contributed by atoms with Gasteiger partial charge in [0.2, 0.25) is 5.89 Å². The molecule has 1 aromatic carbocycles. The van der Waals surface area contributed by atoms with Crippen LogP contribution in [0.1, 0.15) is 22.7 Å². The molecule has 118 valence electrons. The minimum atomic E-state index is -0.0955. The summed E-state index contributed by atoms with van der Waals surface area (Å²) in [6.07, 6.45) is 0. The average Bonchev–Trinajstić information content (AvgIpc) is 2.92. The van der Waals surface area contributed by atoms with Gasteiger partial charge in [-0.3, -0.25) is 4.79 Å². The highest BCUT2D eigenvalue weighted by atomic mass is 32.2. The fraction of sp³-hybridized carbons (Fsp3) is 0.235. The molecule has 0 bridgehead atoms. The predicted molar refractivity (Wildman–Crippen MR) is 90.6 cm³/mol. The molecular weight excluding hydrogens is 310 g/mol. The highest BCUT2D eigenvalue weighted by molar-refractivity contribution is 7.98. The summed E-state index contributed by atoms with van der Waals surface area (Å²) in [5.74, 6) is 1.98. The third kappa shape index (κ3) is 3.37. The van der Waals surface area contributed by atoms with Gasteiger partial charge in [-0.1, -0.05) is 30.0 Å². The van der Waals surface area contributed by atoms with E-state index in [9.17, 15) is 4.79 Å². The Kier molecular flexibility index (Phi) is 4.34. The first-order chi connectivity index (χ1) is 11.0. The van der Waals surface area contributed by atoms with Gasteiger partial charge >= 0.3 is 0 Å². The van der Waals surface area contributed by atoms with Gasteiger partial charge in [-0.2, -0.15) is 0 Å². The number of aromatic amines is 1. The second kappa shape index (κ2) is 6.42. The molecule has 2 aromatic heterocycles. The Morgan fingerprint density at radius 1 is 1.13 bits per heavy atom. The van der Waals surface area contributed by atoms with Crippen molar-refractivity contribution < 1.29 is 4.42 Å². The number of hydrogen-bond acceptors (Lipinski definition) is 5. The molecule has 23 heavy (non-hydrogen) atoms. The van der Waals surface area contributed by atoms with Crippen molar-refractivity contribution in [3.63, 3.8) is 0 Å². The Hall–Kier alpha value is -2.34. The molecule has 0 aliphatic heterocycles. The summed E-state index contributed by atoms with van der Waals surface area (Å²) in [5, 5.41) is 0.599. The maximum Gasteiger partial charge on any atom is 0.254 e. The minimum Gasteiger partial charge on any atom is -0.441 e. The number of oxazole rings is 1. The molecule has 6 heteroatoms. The number of benzene rings is 1. The van der Waals surface area contributed by atoms with E-state index in [1.807, 2.05) is 44.2 Å². The monoisotopic (exact) mass is 327 g/mol. The van der Waals surface area contributed by atoms with Crippen molar-refractivity contribution in [3.8, 4) is 11.5 Å². The van der Waals surface area contributed by atoms with Gasteiger partial charge in [0.05, 0.1) is 5.69 Å². The van der Waals surface area contributed by atoms with E-state index in [4.69, 9.17) is 4.42 Å². The Balaban J connectivity index is 1.79. The van der Waals surface area contributed by atoms with Crippen LogP contribution in [0.2, 0.25) is 0 Å². The summed E-state index contributed by atoms with van der Waals surface area (Å²) < 4.78 is 5.74. The van der Waals surface area contributed by atoms with Crippen LogP contribution in [0.15, 0.2) is 44.7 Å². The lowest BCUT2D eigenvalue weighted by atomic mass is 10.2. The van der Waals surface area contributed by atoms with Crippen molar-refractivity contribution >= 4 is 11.8 Å². The van der Waals surface area contributed by atoms with Crippen LogP contribution in [0.3, 0.4) is 0 Å². The molecule has 0 amide bonds. The van der Waals surface area contributed by atoms with Crippen molar-refractivity contribution in [2.45, 2.75) is 31.7 Å². The Morgan fingerprint density at radius 2 is 1.87 bits per heavy atom. The fourth-order valence-electron chi connectivity index (χ4n) is 2.09. The second-order valence-corrected chi connectivity index (χ2v) is 6.22. The molecule has 0 spiro atoms. The average molecular weight is 327 g/mol. The maximum absolute atomic E-state index is 11.8. The molecule has 0 saturated carbocycles. The molecule has 0 fully saturated rings. The van der Waals surface area contributed by atoms with Gasteiger partial charge in [-0.25, -0.2) is 9.97 Å². The Labute approximate surface area is 138 Å². The summed E-state index contributed by atoms with van der Waals surface area (Å²) >= 11 is 1.44. The van der Waals surface area contributed by atoms with Crippen LogP contribution in [0.5, 0.6) is 0 Å². The Bertz CT molecular complexity index is 885. The zero-order valence-corrected chi connectivity index (χ0v) is 14.0. The lowest BCUT2D eigenvalue weighted by Gasteiger charge is -2.02. The van der Waals surface area contributed by atoms with Gasteiger partial charge in [-0.05, 0) is 32.9 Å². The maximum atomic E-state index is 11.8. The van der Waals surface area contributed by atoms with E-state index in [0.717, 1.165) is 22.7 Å². The number of hydrogen-bond donors (Lipinski definition) is 1. The van der Waals surface area contributed by atoms with Gasteiger partial charge in [0, 0.05) is 22.6 Å². The number of nitrogens with zero attached hydrogens (tertiary/aromatic N) is 2. The quantitative estimate of drug-likeness (QED) is 0.585. The first-order valence-electron chi connectivity index (χ1n) is 7.26. The van der Waals surface area contributed by atoms with Crippen LogP contribution >= 0.6 is 11.8 Å². The number of thioether (sulfide) groups is 1. The van der Waals surface area contributed by atoms with Crippen molar-refractivity contribution in [2.24, 2.45) is 0 Å². The van der Waals surface area contributed by atoms with Crippen LogP contribution in [0, 0.1) is 20.8 Å². The van der Waals surface area contributed by atoms with E-state index in [1.54, 1.807) is 6.92 Å². The number of nitrogens with one attached hydrogen (secondary N) is 1. The first kappa shape index (κ1) is 15.6. The molecule has 0 atom stereocenters. The van der Waals surface area contributed by atoms with Gasteiger partial charge in [0.1, 0.15) is 5.76 Å². The third-order valence-corrected chi connectivity index (χ3v) is 4.52. The normalized spacial score (nSPS) is 10.9. The van der Waals surface area contributed by atoms with E-state index >= 15 is 0 Å². The highest BCUT2D eigenvalue weighted by Crippen LogP contribution is 2.25. The van der Waals surface area contributed by atoms with Gasteiger partial charge in [0.25, 0.3) is 5.56 Å².